The predicted molar refractivity (Wildman–Crippen MR) is 244 cm³/mol. The lowest BCUT2D eigenvalue weighted by Crippen LogP contribution is -2.26. The fourth-order valence-corrected chi connectivity index (χ4v) is 14.9. The average molecular weight is 803 g/mol. The first-order valence-electron chi connectivity index (χ1n) is 22.6. The van der Waals surface area contributed by atoms with Gasteiger partial charge in [0.2, 0.25) is 0 Å². The van der Waals surface area contributed by atoms with Crippen LogP contribution in [0.25, 0.3) is 21.5 Å². The van der Waals surface area contributed by atoms with E-state index in [2.05, 4.69) is 114 Å². The molecule has 0 aliphatic carbocycles. The molecule has 6 heterocycles. The van der Waals surface area contributed by atoms with E-state index in [1.165, 1.54) is 150 Å². The molecule has 0 N–H and O–H groups in total. The maximum atomic E-state index is 7.39. The highest BCUT2D eigenvalue weighted by molar-refractivity contribution is 8.03. The van der Waals surface area contributed by atoms with Gasteiger partial charge in [0.05, 0.1) is 0 Å². The zero-order valence-corrected chi connectivity index (χ0v) is 37.1. The molecule has 6 aliphatic rings. The van der Waals surface area contributed by atoms with Crippen LogP contribution in [0.2, 0.25) is 0 Å². The van der Waals surface area contributed by atoms with Crippen LogP contribution in [0.1, 0.15) is 150 Å². The highest BCUT2D eigenvalue weighted by atomic mass is 32.2. The Kier molecular flexibility index (Phi) is 8.85. The van der Waals surface area contributed by atoms with Gasteiger partial charge in [-0.1, -0.05) is 125 Å². The first-order valence-corrected chi connectivity index (χ1v) is 24.3. The molecule has 4 bridgehead atoms. The van der Waals surface area contributed by atoms with Crippen molar-refractivity contribution in [2.45, 2.75) is 164 Å². The summed E-state index contributed by atoms with van der Waals surface area (Å²) in [4.78, 5) is 5.64. The Labute approximate surface area is 354 Å². The van der Waals surface area contributed by atoms with Gasteiger partial charge in [-0.25, -0.2) is 0 Å². The van der Waals surface area contributed by atoms with E-state index < -0.39 is 22.4 Å². The van der Waals surface area contributed by atoms with E-state index >= 15 is 0 Å². The van der Waals surface area contributed by atoms with Gasteiger partial charge in [0.15, 0.2) is 0 Å². The van der Waals surface area contributed by atoms with Crippen molar-refractivity contribution >= 4 is 45.1 Å². The molecule has 0 spiro atoms. The second kappa shape index (κ2) is 13.6. The number of hydrogen-bond acceptors (Lipinski definition) is 4. The second-order valence-corrected chi connectivity index (χ2v) is 21.0. The molecule has 5 aromatic rings. The molecule has 6 aliphatic heterocycles. The summed E-state index contributed by atoms with van der Waals surface area (Å²) in [6.45, 7) is 14.2. The molecule has 5 aromatic carbocycles. The lowest BCUT2D eigenvalue weighted by molar-refractivity contribution is -0.0560. The number of aryl methyl sites for hydroxylation is 2. The Balaban J connectivity index is 1.13. The molecule has 298 valence electrons. The van der Waals surface area contributed by atoms with E-state index in [4.69, 9.17) is 9.47 Å². The normalized spacial score (nSPS) is 27.0. The monoisotopic (exact) mass is 802 g/mol. The van der Waals surface area contributed by atoms with Crippen molar-refractivity contribution in [2.24, 2.45) is 0 Å². The molecule has 4 heteroatoms. The quantitative estimate of drug-likeness (QED) is 0.0923. The van der Waals surface area contributed by atoms with E-state index in [0.717, 1.165) is 25.7 Å². The van der Waals surface area contributed by atoms with Gasteiger partial charge in [-0.05, 0) is 180 Å². The van der Waals surface area contributed by atoms with Gasteiger partial charge in [-0.3, -0.25) is 0 Å². The number of fused-ring (bicyclic) bond motifs is 19. The Hall–Kier alpha value is -3.28. The summed E-state index contributed by atoms with van der Waals surface area (Å²) >= 11 is 3.93. The number of benzene rings is 5. The first-order chi connectivity index (χ1) is 28.1. The second-order valence-electron chi connectivity index (χ2n) is 18.9. The highest BCUT2D eigenvalue weighted by Gasteiger charge is 2.62. The molecule has 4 unspecified atom stereocenters. The molecule has 0 fully saturated rings. The smallest absolute Gasteiger partial charge is 0.124 e. The third kappa shape index (κ3) is 5.20. The maximum Gasteiger partial charge on any atom is 0.124 e. The van der Waals surface area contributed by atoms with Gasteiger partial charge in [-0.15, -0.1) is 0 Å². The third-order valence-electron chi connectivity index (χ3n) is 15.2. The Morgan fingerprint density at radius 1 is 0.466 bits per heavy atom. The van der Waals surface area contributed by atoms with Gasteiger partial charge >= 0.3 is 0 Å². The zero-order chi connectivity index (χ0) is 39.6. The van der Waals surface area contributed by atoms with Crippen LogP contribution in [0.15, 0.2) is 104 Å². The minimum atomic E-state index is -0.441. The van der Waals surface area contributed by atoms with Gasteiger partial charge in [0.1, 0.15) is 22.4 Å². The summed E-state index contributed by atoms with van der Waals surface area (Å²) in [5.41, 5.74) is 12.8. The number of hydrogen-bond donors (Lipinski definition) is 0. The minimum absolute atomic E-state index is 0.440. The van der Waals surface area contributed by atoms with E-state index in [1.807, 2.05) is 23.5 Å². The van der Waals surface area contributed by atoms with Crippen LogP contribution in [0, 0.1) is 0 Å². The Morgan fingerprint density at radius 2 is 0.845 bits per heavy atom. The van der Waals surface area contributed by atoms with E-state index in [1.54, 1.807) is 11.1 Å². The lowest BCUT2D eigenvalue weighted by atomic mass is 9.72. The van der Waals surface area contributed by atoms with Gasteiger partial charge in [0.25, 0.3) is 0 Å². The van der Waals surface area contributed by atoms with Crippen LogP contribution in [-0.2, 0) is 57.6 Å². The number of ether oxygens (including phenoxy) is 2. The van der Waals surface area contributed by atoms with Crippen molar-refractivity contribution in [1.29, 1.82) is 0 Å². The van der Waals surface area contributed by atoms with Crippen LogP contribution in [-0.4, -0.2) is 0 Å². The molecule has 0 amide bonds. The molecular weight excluding hydrogens is 745 g/mol. The van der Waals surface area contributed by atoms with Crippen LogP contribution in [0.4, 0.5) is 0 Å². The maximum absolute atomic E-state index is 7.39. The fourth-order valence-electron chi connectivity index (χ4n) is 12.2. The Morgan fingerprint density at radius 3 is 1.28 bits per heavy atom. The predicted octanol–water partition coefficient (Wildman–Crippen LogP) is 15.2. The van der Waals surface area contributed by atoms with E-state index in [-0.39, 0.29) is 0 Å². The van der Waals surface area contributed by atoms with E-state index in [0.29, 0.717) is 0 Å². The molecule has 0 saturated heterocycles. The number of rotatable bonds is 12. The summed E-state index contributed by atoms with van der Waals surface area (Å²) in [6, 6.07) is 28.5. The molecule has 4 atom stereocenters. The highest BCUT2D eigenvalue weighted by Crippen LogP contribution is 2.69. The van der Waals surface area contributed by atoms with Crippen molar-refractivity contribution in [3.05, 3.63) is 138 Å². The first kappa shape index (κ1) is 37.7. The summed E-state index contributed by atoms with van der Waals surface area (Å²) in [6.07, 6.45) is 17.1. The molecule has 58 heavy (non-hydrogen) atoms. The van der Waals surface area contributed by atoms with Crippen LogP contribution in [0.5, 0.6) is 0 Å². The van der Waals surface area contributed by atoms with Crippen molar-refractivity contribution in [3.8, 4) is 0 Å². The van der Waals surface area contributed by atoms with Crippen LogP contribution >= 0.6 is 23.5 Å². The molecule has 0 radical (unpaired) electrons. The number of unbranched alkanes of at least 4 members (excludes halogenated alkanes) is 8. The molecule has 11 rings (SSSR count). The fraction of sp³-hybridized carbons (Fsp3) is 0.444. The minimum Gasteiger partial charge on any atom is -0.350 e. The lowest BCUT2D eigenvalue weighted by Gasteiger charge is -2.34. The average Bonchev–Trinajstić information content (AvgIpc) is 3.80. The third-order valence-corrected chi connectivity index (χ3v) is 18.1. The molecule has 0 aromatic heterocycles. The number of thioether (sulfide) groups is 2. The van der Waals surface area contributed by atoms with Crippen molar-refractivity contribution in [3.63, 3.8) is 0 Å². The van der Waals surface area contributed by atoms with Crippen LogP contribution < -0.4 is 0 Å². The zero-order valence-electron chi connectivity index (χ0n) is 35.5. The van der Waals surface area contributed by atoms with Crippen molar-refractivity contribution in [1.82, 2.24) is 0 Å². The SMILES string of the molecule is CCCCCCCc1c(CCCCCCC)c2cc3c(cc2c2cc4c(cc12)C1(C)OC4(C)C2=C1Sc1ccccc1C2)C1(C)OC3(C)C2=C1Cc1ccccc1S2. The molecular formula is C54H58O2S2. The Bertz CT molecular complexity index is 2450. The van der Waals surface area contributed by atoms with Crippen LogP contribution in [0.3, 0.4) is 0 Å². The summed E-state index contributed by atoms with van der Waals surface area (Å²) < 4.78 is 14.8. The molecule has 2 nitrogen and oxygen atoms in total. The summed E-state index contributed by atoms with van der Waals surface area (Å²) in [7, 11) is 0. The van der Waals surface area contributed by atoms with E-state index in [9.17, 15) is 0 Å². The largest absolute Gasteiger partial charge is 0.350 e. The van der Waals surface area contributed by atoms with Gasteiger partial charge < -0.3 is 9.47 Å². The van der Waals surface area contributed by atoms with Crippen molar-refractivity contribution in [2.75, 3.05) is 0 Å². The molecule has 0 saturated carbocycles. The van der Waals surface area contributed by atoms with Crippen molar-refractivity contribution < 1.29 is 9.47 Å². The standard InChI is InChI=1S/C54H58O2S2/c1-7-9-11-13-15-23-35-36(24-16-14-12-10-8-2)38-30-44-42(52(4)46-28-34-22-18-20-26-48(34)58-50(46)54(44,6)56-52)32-40(38)39-31-41-43(29-37(35)39)53(5)49-45(51(41,3)55-53)27-33-21-17-19-25-47(33)57-49/h17-22,25-26,29-32H,7-16,23-24,27-28H2,1-6H3. The van der Waals surface area contributed by atoms with Gasteiger partial charge in [-0.2, -0.15) is 0 Å². The summed E-state index contributed by atoms with van der Waals surface area (Å²) in [5, 5.41) is 5.76. The summed E-state index contributed by atoms with van der Waals surface area (Å²) in [5.74, 6) is 0. The van der Waals surface area contributed by atoms with Gasteiger partial charge in [0, 0.05) is 19.6 Å². The topological polar surface area (TPSA) is 18.5 Å².